The lowest BCUT2D eigenvalue weighted by Crippen LogP contribution is -2.39. The number of hydrogen-bond acceptors (Lipinski definition) is 7. The average molecular weight is 456 g/mol. The second kappa shape index (κ2) is 10.3. The molecule has 3 aromatic rings. The maximum absolute atomic E-state index is 13.5. The number of methoxy groups -OCH3 is 2. The van der Waals surface area contributed by atoms with Gasteiger partial charge in [-0.25, -0.2) is 4.98 Å². The number of aryl methyl sites for hydroxylation is 1. The van der Waals surface area contributed by atoms with Crippen molar-refractivity contribution in [2.75, 3.05) is 58.5 Å². The van der Waals surface area contributed by atoms with Crippen LogP contribution in [0.1, 0.15) is 22.3 Å². The quantitative estimate of drug-likeness (QED) is 0.512. The monoisotopic (exact) mass is 455 g/mol. The summed E-state index contributed by atoms with van der Waals surface area (Å²) in [6.45, 7) is 6.97. The number of rotatable bonds is 8. The SMILES string of the molecule is COc1ccc(C(=O)N(CCCN2CCOCC2)c2nc3c(OC)ccc(C)c3s2)cc1. The molecule has 0 N–H and O–H groups in total. The molecule has 0 unspecified atom stereocenters. The van der Waals surface area contributed by atoms with E-state index < -0.39 is 0 Å². The zero-order valence-electron chi connectivity index (χ0n) is 18.8. The third-order valence-electron chi connectivity index (χ3n) is 5.68. The smallest absolute Gasteiger partial charge is 0.260 e. The van der Waals surface area contributed by atoms with Gasteiger partial charge < -0.3 is 14.2 Å². The Labute approximate surface area is 192 Å². The second-order valence-corrected chi connectivity index (χ2v) is 8.73. The summed E-state index contributed by atoms with van der Waals surface area (Å²) in [5.74, 6) is 1.38. The maximum atomic E-state index is 13.5. The van der Waals surface area contributed by atoms with Crippen LogP contribution in [0, 0.1) is 6.92 Å². The Morgan fingerprint density at radius 1 is 1.12 bits per heavy atom. The van der Waals surface area contributed by atoms with Gasteiger partial charge in [-0.05, 0) is 49.2 Å². The number of anilines is 1. The molecule has 1 aliphatic heterocycles. The number of morpholine rings is 1. The minimum atomic E-state index is -0.0645. The molecule has 0 spiro atoms. The van der Waals surface area contributed by atoms with Crippen molar-refractivity contribution in [2.24, 2.45) is 0 Å². The van der Waals surface area contributed by atoms with E-state index in [4.69, 9.17) is 19.2 Å². The average Bonchev–Trinajstić information content (AvgIpc) is 3.28. The minimum Gasteiger partial charge on any atom is -0.497 e. The standard InChI is InChI=1S/C24H29N3O4S/c1-17-5-10-20(30-3)21-22(17)32-24(25-21)27(12-4-11-26-13-15-31-16-14-26)23(28)18-6-8-19(29-2)9-7-18/h5-10H,4,11-16H2,1-3H3. The van der Waals surface area contributed by atoms with Crippen molar-refractivity contribution in [1.29, 1.82) is 0 Å². The molecule has 8 heteroatoms. The van der Waals surface area contributed by atoms with Crippen LogP contribution in [0.5, 0.6) is 11.5 Å². The molecular weight excluding hydrogens is 426 g/mol. The lowest BCUT2D eigenvalue weighted by atomic mass is 10.2. The van der Waals surface area contributed by atoms with Crippen molar-refractivity contribution < 1.29 is 19.0 Å². The van der Waals surface area contributed by atoms with Crippen LogP contribution < -0.4 is 14.4 Å². The molecule has 1 saturated heterocycles. The van der Waals surface area contributed by atoms with E-state index in [1.807, 2.05) is 24.3 Å². The third kappa shape index (κ3) is 4.87. The molecule has 7 nitrogen and oxygen atoms in total. The Morgan fingerprint density at radius 2 is 1.88 bits per heavy atom. The van der Waals surface area contributed by atoms with Gasteiger partial charge in [-0.15, -0.1) is 0 Å². The first-order valence-corrected chi connectivity index (χ1v) is 11.6. The van der Waals surface area contributed by atoms with E-state index in [1.165, 1.54) is 11.3 Å². The van der Waals surface area contributed by atoms with E-state index in [0.717, 1.165) is 66.5 Å². The number of ether oxygens (including phenoxy) is 3. The predicted octanol–water partition coefficient (Wildman–Crippen LogP) is 3.99. The minimum absolute atomic E-state index is 0.0645. The van der Waals surface area contributed by atoms with E-state index in [2.05, 4.69) is 11.8 Å². The fourth-order valence-electron chi connectivity index (χ4n) is 3.83. The summed E-state index contributed by atoms with van der Waals surface area (Å²) in [5, 5.41) is 0.690. The maximum Gasteiger partial charge on any atom is 0.260 e. The molecule has 2 heterocycles. The Kier molecular flexibility index (Phi) is 7.24. The Hall–Kier alpha value is -2.68. The molecule has 0 saturated carbocycles. The summed E-state index contributed by atoms with van der Waals surface area (Å²) < 4.78 is 17.2. The Balaban J connectivity index is 1.62. The highest BCUT2D eigenvalue weighted by Gasteiger charge is 2.23. The van der Waals surface area contributed by atoms with E-state index in [1.54, 1.807) is 31.3 Å². The van der Waals surface area contributed by atoms with Crippen LogP contribution in [0.3, 0.4) is 0 Å². The van der Waals surface area contributed by atoms with E-state index in [0.29, 0.717) is 17.2 Å². The molecule has 32 heavy (non-hydrogen) atoms. The van der Waals surface area contributed by atoms with E-state index in [9.17, 15) is 4.79 Å². The molecule has 1 amide bonds. The van der Waals surface area contributed by atoms with Crippen molar-refractivity contribution >= 4 is 32.6 Å². The lowest BCUT2D eigenvalue weighted by molar-refractivity contribution is 0.0376. The number of hydrogen-bond donors (Lipinski definition) is 0. The first-order chi connectivity index (χ1) is 15.6. The predicted molar refractivity (Wildman–Crippen MR) is 127 cm³/mol. The summed E-state index contributed by atoms with van der Waals surface area (Å²) in [6, 6.07) is 11.2. The highest BCUT2D eigenvalue weighted by Crippen LogP contribution is 2.37. The number of carbonyl (C=O) groups excluding carboxylic acids is 1. The largest absolute Gasteiger partial charge is 0.497 e. The number of benzene rings is 2. The summed E-state index contributed by atoms with van der Waals surface area (Å²) in [7, 11) is 3.26. The highest BCUT2D eigenvalue weighted by molar-refractivity contribution is 7.22. The molecule has 4 rings (SSSR count). The van der Waals surface area contributed by atoms with Crippen LogP contribution in [-0.2, 0) is 4.74 Å². The summed E-state index contributed by atoms with van der Waals surface area (Å²) in [5.41, 5.74) is 2.53. The molecule has 1 fully saturated rings. The molecule has 0 aliphatic carbocycles. The fraction of sp³-hybridized carbons (Fsp3) is 0.417. The van der Waals surface area contributed by atoms with Crippen LogP contribution in [0.2, 0.25) is 0 Å². The molecule has 0 bridgehead atoms. The van der Waals surface area contributed by atoms with Crippen LogP contribution in [0.15, 0.2) is 36.4 Å². The summed E-state index contributed by atoms with van der Waals surface area (Å²) in [6.07, 6.45) is 0.855. The van der Waals surface area contributed by atoms with Crippen molar-refractivity contribution in [3.05, 3.63) is 47.5 Å². The van der Waals surface area contributed by atoms with Gasteiger partial charge >= 0.3 is 0 Å². The molecule has 0 atom stereocenters. The van der Waals surface area contributed by atoms with Gasteiger partial charge in [0.2, 0.25) is 0 Å². The van der Waals surface area contributed by atoms with Gasteiger partial charge in [0.15, 0.2) is 5.13 Å². The Bertz CT molecular complexity index is 1060. The zero-order chi connectivity index (χ0) is 22.5. The number of aromatic nitrogens is 1. The zero-order valence-corrected chi connectivity index (χ0v) is 19.6. The molecule has 2 aromatic carbocycles. The van der Waals surface area contributed by atoms with Gasteiger partial charge in [-0.3, -0.25) is 14.6 Å². The van der Waals surface area contributed by atoms with Crippen LogP contribution >= 0.6 is 11.3 Å². The summed E-state index contributed by atoms with van der Waals surface area (Å²) in [4.78, 5) is 22.5. The number of thiazole rings is 1. The van der Waals surface area contributed by atoms with Crippen molar-refractivity contribution in [1.82, 2.24) is 9.88 Å². The Morgan fingerprint density at radius 3 is 2.56 bits per heavy atom. The summed E-state index contributed by atoms with van der Waals surface area (Å²) >= 11 is 1.53. The normalized spacial score (nSPS) is 14.5. The van der Waals surface area contributed by atoms with Gasteiger partial charge in [0.1, 0.15) is 17.0 Å². The van der Waals surface area contributed by atoms with Crippen molar-refractivity contribution in [3.63, 3.8) is 0 Å². The number of nitrogens with zero attached hydrogens (tertiary/aromatic N) is 3. The van der Waals surface area contributed by atoms with Gasteiger partial charge in [0.25, 0.3) is 5.91 Å². The van der Waals surface area contributed by atoms with Crippen LogP contribution in [-0.4, -0.2) is 69.4 Å². The van der Waals surface area contributed by atoms with Gasteiger partial charge in [0, 0.05) is 31.7 Å². The van der Waals surface area contributed by atoms with Crippen LogP contribution in [0.25, 0.3) is 10.2 Å². The molecule has 0 radical (unpaired) electrons. The fourth-order valence-corrected chi connectivity index (χ4v) is 4.91. The molecular formula is C24H29N3O4S. The molecule has 170 valence electrons. The number of amides is 1. The van der Waals surface area contributed by atoms with E-state index in [-0.39, 0.29) is 5.91 Å². The number of carbonyl (C=O) groups is 1. The molecule has 1 aliphatic rings. The topological polar surface area (TPSA) is 64.1 Å². The van der Waals surface area contributed by atoms with Gasteiger partial charge in [-0.1, -0.05) is 17.4 Å². The van der Waals surface area contributed by atoms with Crippen molar-refractivity contribution in [3.8, 4) is 11.5 Å². The first-order valence-electron chi connectivity index (χ1n) is 10.8. The highest BCUT2D eigenvalue weighted by atomic mass is 32.1. The van der Waals surface area contributed by atoms with Crippen molar-refractivity contribution in [2.45, 2.75) is 13.3 Å². The van der Waals surface area contributed by atoms with Gasteiger partial charge in [-0.2, -0.15) is 0 Å². The first kappa shape index (κ1) is 22.5. The van der Waals surface area contributed by atoms with Crippen LogP contribution in [0.4, 0.5) is 5.13 Å². The molecule has 1 aromatic heterocycles. The second-order valence-electron chi connectivity index (χ2n) is 7.75. The lowest BCUT2D eigenvalue weighted by Gasteiger charge is -2.27. The van der Waals surface area contributed by atoms with Gasteiger partial charge in [0.05, 0.1) is 32.1 Å². The van der Waals surface area contributed by atoms with E-state index >= 15 is 0 Å². The number of fused-ring (bicyclic) bond motifs is 1. The third-order valence-corrected chi connectivity index (χ3v) is 6.90.